The van der Waals surface area contributed by atoms with E-state index in [0.717, 1.165) is 22.2 Å². The van der Waals surface area contributed by atoms with Gasteiger partial charge in [0.1, 0.15) is 11.5 Å². The van der Waals surface area contributed by atoms with Crippen molar-refractivity contribution in [3.63, 3.8) is 0 Å². The second-order valence-electron chi connectivity index (χ2n) is 9.96. The zero-order valence-electron chi connectivity index (χ0n) is 22.0. The molecule has 2 heterocycles. The first-order valence-corrected chi connectivity index (χ1v) is 13.1. The number of nitrogens with one attached hydrogen (secondary N) is 1. The van der Waals surface area contributed by atoms with E-state index in [1.165, 1.54) is 16.9 Å². The van der Waals surface area contributed by atoms with E-state index in [2.05, 4.69) is 55.3 Å². The molecule has 0 atom stereocenters. The van der Waals surface area contributed by atoms with Crippen molar-refractivity contribution in [1.29, 1.82) is 0 Å². The summed E-state index contributed by atoms with van der Waals surface area (Å²) in [5, 5.41) is 6.25. The Labute approximate surface area is 226 Å². The Morgan fingerprint density at radius 2 is 1.63 bits per heavy atom. The van der Waals surface area contributed by atoms with Gasteiger partial charge in [-0.25, -0.2) is 9.97 Å². The highest BCUT2D eigenvalue weighted by molar-refractivity contribution is 7.14. The minimum atomic E-state index is -0.249. The molecule has 0 bridgehead atoms. The smallest absolute Gasteiger partial charge is 0.258 e. The molecule has 0 fully saturated rings. The van der Waals surface area contributed by atoms with Gasteiger partial charge in [-0.1, -0.05) is 63.2 Å². The standard InChI is InChI=1S/C31H29N3O3S/c1-31(2,3)20-12-10-19(11-13-20)27-18-38-30(33-27)34-29(35)24-17-26(32-25-9-7-6-8-22(24)25)23-15-14-21(36-4)16-28(23)37-5/h6-18H,1-5H3,(H,33,34,35). The summed E-state index contributed by atoms with van der Waals surface area (Å²) < 4.78 is 10.9. The number of hydrogen-bond donors (Lipinski definition) is 1. The normalized spacial score (nSPS) is 11.4. The van der Waals surface area contributed by atoms with Crippen LogP contribution in [0.15, 0.2) is 78.2 Å². The first-order chi connectivity index (χ1) is 18.3. The Kier molecular flexibility index (Phi) is 6.87. The molecule has 0 radical (unpaired) electrons. The van der Waals surface area contributed by atoms with E-state index in [1.54, 1.807) is 26.4 Å². The molecule has 3 aromatic carbocycles. The van der Waals surface area contributed by atoms with Crippen LogP contribution >= 0.6 is 11.3 Å². The van der Waals surface area contributed by atoms with Gasteiger partial charge in [-0.3, -0.25) is 10.1 Å². The van der Waals surface area contributed by atoms with Crippen LogP contribution in [0.2, 0.25) is 0 Å². The quantitative estimate of drug-likeness (QED) is 0.248. The molecule has 1 amide bonds. The SMILES string of the molecule is COc1ccc(-c2cc(C(=O)Nc3nc(-c4ccc(C(C)(C)C)cc4)cs3)c3ccccc3n2)c(OC)c1. The van der Waals surface area contributed by atoms with E-state index in [9.17, 15) is 4.79 Å². The Morgan fingerprint density at radius 1 is 0.868 bits per heavy atom. The summed E-state index contributed by atoms with van der Waals surface area (Å²) in [5.74, 6) is 1.04. The van der Waals surface area contributed by atoms with Gasteiger partial charge in [0.15, 0.2) is 5.13 Å². The number of benzene rings is 3. The maximum atomic E-state index is 13.5. The third kappa shape index (κ3) is 5.10. The lowest BCUT2D eigenvalue weighted by Gasteiger charge is -2.18. The van der Waals surface area contributed by atoms with Gasteiger partial charge in [-0.15, -0.1) is 11.3 Å². The highest BCUT2D eigenvalue weighted by Gasteiger charge is 2.18. The predicted octanol–water partition coefficient (Wildman–Crippen LogP) is 7.59. The molecular formula is C31H29N3O3S. The molecule has 0 spiro atoms. The molecule has 7 heteroatoms. The number of carbonyl (C=O) groups excluding carboxylic acids is 1. The van der Waals surface area contributed by atoms with Crippen molar-refractivity contribution in [2.75, 3.05) is 19.5 Å². The monoisotopic (exact) mass is 523 g/mol. The van der Waals surface area contributed by atoms with Crippen LogP contribution in [0.3, 0.4) is 0 Å². The first kappa shape index (κ1) is 25.4. The van der Waals surface area contributed by atoms with Crippen LogP contribution in [-0.4, -0.2) is 30.1 Å². The Hall–Kier alpha value is -4.23. The van der Waals surface area contributed by atoms with Crippen molar-refractivity contribution in [1.82, 2.24) is 9.97 Å². The highest BCUT2D eigenvalue weighted by Crippen LogP contribution is 2.35. The summed E-state index contributed by atoms with van der Waals surface area (Å²) in [4.78, 5) is 23.0. The minimum Gasteiger partial charge on any atom is -0.497 e. The molecule has 6 nitrogen and oxygen atoms in total. The number of hydrogen-bond acceptors (Lipinski definition) is 6. The van der Waals surface area contributed by atoms with E-state index in [1.807, 2.05) is 41.8 Å². The highest BCUT2D eigenvalue weighted by atomic mass is 32.1. The minimum absolute atomic E-state index is 0.0851. The number of aromatic nitrogens is 2. The van der Waals surface area contributed by atoms with E-state index in [4.69, 9.17) is 14.5 Å². The van der Waals surface area contributed by atoms with E-state index in [-0.39, 0.29) is 11.3 Å². The number of fused-ring (bicyclic) bond motifs is 1. The van der Waals surface area contributed by atoms with Crippen LogP contribution in [0, 0.1) is 0 Å². The maximum absolute atomic E-state index is 13.5. The number of carbonyl (C=O) groups is 1. The summed E-state index contributed by atoms with van der Waals surface area (Å²) in [5.41, 5.74) is 5.81. The van der Waals surface area contributed by atoms with Gasteiger partial charge in [-0.05, 0) is 35.2 Å². The lowest BCUT2D eigenvalue weighted by molar-refractivity contribution is 0.102. The van der Waals surface area contributed by atoms with Crippen molar-refractivity contribution >= 4 is 33.3 Å². The number of ether oxygens (including phenoxy) is 2. The number of nitrogens with zero attached hydrogens (tertiary/aromatic N) is 2. The van der Waals surface area contributed by atoms with Gasteiger partial charge in [-0.2, -0.15) is 0 Å². The van der Waals surface area contributed by atoms with Gasteiger partial charge in [0.05, 0.1) is 36.7 Å². The van der Waals surface area contributed by atoms with Gasteiger partial charge in [0.25, 0.3) is 5.91 Å². The number of pyridine rings is 1. The topological polar surface area (TPSA) is 73.3 Å². The van der Waals surface area contributed by atoms with Crippen molar-refractivity contribution in [2.45, 2.75) is 26.2 Å². The Morgan fingerprint density at radius 3 is 2.34 bits per heavy atom. The second-order valence-corrected chi connectivity index (χ2v) is 10.8. The molecule has 1 N–H and O–H groups in total. The lowest BCUT2D eigenvalue weighted by atomic mass is 9.86. The number of amides is 1. The molecule has 0 aliphatic heterocycles. The average Bonchev–Trinajstić information content (AvgIpc) is 3.40. The van der Waals surface area contributed by atoms with Crippen molar-refractivity contribution in [3.8, 4) is 34.0 Å². The molecule has 0 saturated carbocycles. The molecule has 0 aliphatic rings. The molecular weight excluding hydrogens is 494 g/mol. The number of para-hydroxylation sites is 1. The largest absolute Gasteiger partial charge is 0.497 e. The third-order valence-electron chi connectivity index (χ3n) is 6.42. The Bertz CT molecular complexity index is 1620. The Balaban J connectivity index is 1.47. The maximum Gasteiger partial charge on any atom is 0.258 e. The first-order valence-electron chi connectivity index (χ1n) is 12.3. The molecule has 5 rings (SSSR count). The van der Waals surface area contributed by atoms with Gasteiger partial charge in [0, 0.05) is 28.0 Å². The van der Waals surface area contributed by atoms with Crippen LogP contribution < -0.4 is 14.8 Å². The number of methoxy groups -OCH3 is 2. The third-order valence-corrected chi connectivity index (χ3v) is 7.17. The van der Waals surface area contributed by atoms with Crippen molar-refractivity contribution in [3.05, 3.63) is 89.3 Å². The fourth-order valence-corrected chi connectivity index (χ4v) is 5.00. The second kappa shape index (κ2) is 10.3. The molecule has 2 aromatic heterocycles. The van der Waals surface area contributed by atoms with Gasteiger partial charge < -0.3 is 9.47 Å². The summed E-state index contributed by atoms with van der Waals surface area (Å²) in [7, 11) is 3.21. The lowest BCUT2D eigenvalue weighted by Crippen LogP contribution is -2.13. The average molecular weight is 524 g/mol. The zero-order chi connectivity index (χ0) is 26.9. The molecule has 192 valence electrons. The molecule has 5 aromatic rings. The molecule has 0 aliphatic carbocycles. The number of rotatable bonds is 6. The van der Waals surface area contributed by atoms with E-state index < -0.39 is 0 Å². The van der Waals surface area contributed by atoms with Crippen LogP contribution in [0.25, 0.3) is 33.4 Å². The summed E-state index contributed by atoms with van der Waals surface area (Å²) >= 11 is 1.40. The van der Waals surface area contributed by atoms with E-state index >= 15 is 0 Å². The van der Waals surface area contributed by atoms with E-state index in [0.29, 0.717) is 33.4 Å². The zero-order valence-corrected chi connectivity index (χ0v) is 22.8. The molecule has 38 heavy (non-hydrogen) atoms. The van der Waals surface area contributed by atoms with Crippen molar-refractivity contribution in [2.24, 2.45) is 0 Å². The van der Waals surface area contributed by atoms with Gasteiger partial charge >= 0.3 is 0 Å². The fraction of sp³-hybridized carbons (Fsp3) is 0.194. The van der Waals surface area contributed by atoms with Gasteiger partial charge in [0.2, 0.25) is 0 Å². The van der Waals surface area contributed by atoms with Crippen LogP contribution in [0.5, 0.6) is 11.5 Å². The summed E-state index contributed by atoms with van der Waals surface area (Å²) in [6.07, 6.45) is 0. The number of thiazole rings is 1. The summed E-state index contributed by atoms with van der Waals surface area (Å²) in [6.45, 7) is 6.58. The predicted molar refractivity (Wildman–Crippen MR) is 154 cm³/mol. The van der Waals surface area contributed by atoms with Crippen molar-refractivity contribution < 1.29 is 14.3 Å². The molecule has 0 unspecified atom stereocenters. The summed E-state index contributed by atoms with van der Waals surface area (Å²) in [6, 6.07) is 23.3. The van der Waals surface area contributed by atoms with Crippen LogP contribution in [0.4, 0.5) is 5.13 Å². The fourth-order valence-electron chi connectivity index (χ4n) is 4.28. The number of anilines is 1. The van der Waals surface area contributed by atoms with Crippen LogP contribution in [0.1, 0.15) is 36.7 Å². The molecule has 0 saturated heterocycles. The van der Waals surface area contributed by atoms with Crippen LogP contribution in [-0.2, 0) is 5.41 Å².